The van der Waals surface area contributed by atoms with E-state index in [0.29, 0.717) is 30.0 Å². The first kappa shape index (κ1) is 26.9. The number of piperazine rings is 1. The Bertz CT molecular complexity index is 1270. The van der Waals surface area contributed by atoms with Crippen LogP contribution in [0, 0.1) is 0 Å². The van der Waals surface area contributed by atoms with E-state index in [9.17, 15) is 9.59 Å². The third kappa shape index (κ3) is 7.01. The highest BCUT2D eigenvalue weighted by Gasteiger charge is 2.22. The largest absolute Gasteiger partial charge is 0.497 e. The summed E-state index contributed by atoms with van der Waals surface area (Å²) >= 11 is 5.34. The van der Waals surface area contributed by atoms with Gasteiger partial charge in [-0.15, -0.1) is 0 Å². The average molecular weight is 533 g/mol. The number of rotatable bonds is 7. The standard InChI is InChI=1S/C29H32N4O4S/c1-20(2)37-26-6-4-5-22(19-26)27(34)31-29(38)30-23-9-11-24(12-10-23)32-15-17-33(18-16-32)28(35)21-7-13-25(36-3)14-8-21/h4-14,19-20H,15-18H2,1-3H3,(H2,30,31,34,38). The van der Waals surface area contributed by atoms with Crippen molar-refractivity contribution in [3.8, 4) is 11.5 Å². The molecule has 1 aliphatic rings. The maximum absolute atomic E-state index is 12.8. The van der Waals surface area contributed by atoms with E-state index in [-0.39, 0.29) is 23.0 Å². The zero-order valence-corrected chi connectivity index (χ0v) is 22.6. The van der Waals surface area contributed by atoms with Crippen LogP contribution in [-0.2, 0) is 0 Å². The molecule has 0 saturated carbocycles. The molecule has 0 radical (unpaired) electrons. The highest BCUT2D eigenvalue weighted by Crippen LogP contribution is 2.21. The molecule has 3 aromatic rings. The molecule has 8 nitrogen and oxygen atoms in total. The average Bonchev–Trinajstić information content (AvgIpc) is 2.93. The van der Waals surface area contributed by atoms with Crippen LogP contribution in [0.4, 0.5) is 11.4 Å². The number of amides is 2. The molecular weight excluding hydrogens is 500 g/mol. The topological polar surface area (TPSA) is 83.1 Å². The summed E-state index contributed by atoms with van der Waals surface area (Å²) in [6.45, 7) is 6.63. The first-order chi connectivity index (χ1) is 18.3. The molecule has 0 unspecified atom stereocenters. The number of nitrogens with one attached hydrogen (secondary N) is 2. The summed E-state index contributed by atoms with van der Waals surface area (Å²) in [7, 11) is 1.61. The van der Waals surface area contributed by atoms with Gasteiger partial charge in [-0.25, -0.2) is 0 Å². The summed E-state index contributed by atoms with van der Waals surface area (Å²) in [5, 5.41) is 5.98. The highest BCUT2D eigenvalue weighted by molar-refractivity contribution is 7.80. The fourth-order valence-corrected chi connectivity index (χ4v) is 4.37. The van der Waals surface area contributed by atoms with E-state index in [4.69, 9.17) is 21.7 Å². The molecule has 4 rings (SSSR count). The molecule has 2 amide bonds. The normalized spacial score (nSPS) is 13.2. The van der Waals surface area contributed by atoms with Crippen molar-refractivity contribution in [3.05, 3.63) is 83.9 Å². The molecule has 1 saturated heterocycles. The number of carbonyl (C=O) groups is 2. The Labute approximate surface area is 228 Å². The number of nitrogens with zero attached hydrogens (tertiary/aromatic N) is 2. The predicted molar refractivity (Wildman–Crippen MR) is 153 cm³/mol. The quantitative estimate of drug-likeness (QED) is 0.431. The number of methoxy groups -OCH3 is 1. The second-order valence-electron chi connectivity index (χ2n) is 9.16. The first-order valence-electron chi connectivity index (χ1n) is 12.5. The molecule has 0 atom stereocenters. The van der Waals surface area contributed by atoms with Crippen LogP contribution >= 0.6 is 12.2 Å². The van der Waals surface area contributed by atoms with Gasteiger partial charge in [0.15, 0.2) is 5.11 Å². The third-order valence-electron chi connectivity index (χ3n) is 6.09. The lowest BCUT2D eigenvalue weighted by molar-refractivity contribution is 0.0746. The van der Waals surface area contributed by atoms with Crippen LogP contribution in [0.15, 0.2) is 72.8 Å². The Morgan fingerprint density at radius 1 is 0.868 bits per heavy atom. The molecule has 38 heavy (non-hydrogen) atoms. The van der Waals surface area contributed by atoms with Gasteiger partial charge in [0.1, 0.15) is 11.5 Å². The molecule has 0 bridgehead atoms. The zero-order chi connectivity index (χ0) is 27.1. The summed E-state index contributed by atoms with van der Waals surface area (Å²) in [6, 6.07) is 22.0. The fraction of sp³-hybridized carbons (Fsp3) is 0.276. The Kier molecular flexibility index (Phi) is 8.81. The lowest BCUT2D eigenvalue weighted by Crippen LogP contribution is -2.48. The van der Waals surface area contributed by atoms with E-state index in [1.165, 1.54) is 0 Å². The predicted octanol–water partition coefficient (Wildman–Crippen LogP) is 4.57. The molecule has 2 N–H and O–H groups in total. The summed E-state index contributed by atoms with van der Waals surface area (Å²) < 4.78 is 10.8. The van der Waals surface area contributed by atoms with Gasteiger partial charge in [0.05, 0.1) is 13.2 Å². The van der Waals surface area contributed by atoms with Gasteiger partial charge in [-0.05, 0) is 92.8 Å². The van der Waals surface area contributed by atoms with Crippen LogP contribution in [0.25, 0.3) is 0 Å². The SMILES string of the molecule is COc1ccc(C(=O)N2CCN(c3ccc(NC(=S)NC(=O)c4cccc(OC(C)C)c4)cc3)CC2)cc1. The van der Waals surface area contributed by atoms with Crippen molar-refractivity contribution in [1.29, 1.82) is 0 Å². The van der Waals surface area contributed by atoms with Crippen molar-refractivity contribution >= 4 is 40.5 Å². The minimum absolute atomic E-state index is 0.0183. The molecular formula is C29H32N4O4S. The van der Waals surface area contributed by atoms with Crippen molar-refractivity contribution < 1.29 is 19.1 Å². The minimum Gasteiger partial charge on any atom is -0.497 e. The smallest absolute Gasteiger partial charge is 0.257 e. The van der Waals surface area contributed by atoms with Gasteiger partial charge in [0.25, 0.3) is 11.8 Å². The van der Waals surface area contributed by atoms with E-state index >= 15 is 0 Å². The maximum Gasteiger partial charge on any atom is 0.257 e. The van der Waals surface area contributed by atoms with Gasteiger partial charge in [0.2, 0.25) is 0 Å². The van der Waals surface area contributed by atoms with E-state index in [2.05, 4.69) is 15.5 Å². The number of hydrogen-bond acceptors (Lipinski definition) is 6. The van der Waals surface area contributed by atoms with Gasteiger partial charge in [-0.1, -0.05) is 6.07 Å². The van der Waals surface area contributed by atoms with Gasteiger partial charge in [-0.2, -0.15) is 0 Å². The molecule has 198 valence electrons. The number of anilines is 2. The maximum atomic E-state index is 12.8. The van der Waals surface area contributed by atoms with E-state index in [1.54, 1.807) is 49.6 Å². The summed E-state index contributed by atoms with van der Waals surface area (Å²) in [5.74, 6) is 1.08. The summed E-state index contributed by atoms with van der Waals surface area (Å²) in [5.41, 5.74) is 2.95. The molecule has 0 spiro atoms. The van der Waals surface area contributed by atoms with Gasteiger partial charge < -0.3 is 24.6 Å². The van der Waals surface area contributed by atoms with Gasteiger partial charge in [-0.3, -0.25) is 14.9 Å². The Morgan fingerprint density at radius 2 is 1.55 bits per heavy atom. The van der Waals surface area contributed by atoms with Crippen molar-refractivity contribution in [2.45, 2.75) is 20.0 Å². The lowest BCUT2D eigenvalue weighted by atomic mass is 10.1. The minimum atomic E-state index is -0.310. The molecule has 1 aliphatic heterocycles. The summed E-state index contributed by atoms with van der Waals surface area (Å²) in [6.07, 6.45) is 0.0183. The van der Waals surface area contributed by atoms with Crippen molar-refractivity contribution in [2.24, 2.45) is 0 Å². The van der Waals surface area contributed by atoms with Gasteiger partial charge in [0, 0.05) is 48.7 Å². The molecule has 0 aromatic heterocycles. The molecule has 9 heteroatoms. The van der Waals surface area contributed by atoms with E-state index in [1.807, 2.05) is 49.1 Å². The number of thiocarbonyl (C=S) groups is 1. The Morgan fingerprint density at radius 3 is 2.18 bits per heavy atom. The van der Waals surface area contributed by atoms with Crippen LogP contribution < -0.4 is 25.0 Å². The van der Waals surface area contributed by atoms with Gasteiger partial charge >= 0.3 is 0 Å². The molecule has 3 aromatic carbocycles. The molecule has 1 fully saturated rings. The number of carbonyl (C=O) groups excluding carboxylic acids is 2. The highest BCUT2D eigenvalue weighted by atomic mass is 32.1. The van der Waals surface area contributed by atoms with Crippen LogP contribution in [-0.4, -0.2) is 61.2 Å². The van der Waals surface area contributed by atoms with Crippen LogP contribution in [0.5, 0.6) is 11.5 Å². The van der Waals surface area contributed by atoms with E-state index < -0.39 is 0 Å². The van der Waals surface area contributed by atoms with Crippen LogP contribution in [0.1, 0.15) is 34.6 Å². The fourth-order valence-electron chi connectivity index (χ4n) is 4.16. The Balaban J connectivity index is 1.27. The Hall–Kier alpha value is -4.11. The van der Waals surface area contributed by atoms with E-state index in [0.717, 1.165) is 30.2 Å². The number of benzene rings is 3. The lowest BCUT2D eigenvalue weighted by Gasteiger charge is -2.36. The third-order valence-corrected chi connectivity index (χ3v) is 6.29. The first-order valence-corrected chi connectivity index (χ1v) is 12.9. The van der Waals surface area contributed by atoms with Crippen molar-refractivity contribution in [1.82, 2.24) is 10.2 Å². The molecule has 1 heterocycles. The zero-order valence-electron chi connectivity index (χ0n) is 21.8. The number of hydrogen-bond donors (Lipinski definition) is 2. The monoisotopic (exact) mass is 532 g/mol. The summed E-state index contributed by atoms with van der Waals surface area (Å²) in [4.78, 5) is 29.5. The van der Waals surface area contributed by atoms with Crippen LogP contribution in [0.3, 0.4) is 0 Å². The van der Waals surface area contributed by atoms with Crippen molar-refractivity contribution in [3.63, 3.8) is 0 Å². The van der Waals surface area contributed by atoms with Crippen molar-refractivity contribution in [2.75, 3.05) is 43.5 Å². The van der Waals surface area contributed by atoms with Crippen LogP contribution in [0.2, 0.25) is 0 Å². The second-order valence-corrected chi connectivity index (χ2v) is 9.57. The number of ether oxygens (including phenoxy) is 2. The molecule has 0 aliphatic carbocycles. The second kappa shape index (κ2) is 12.4.